The summed E-state index contributed by atoms with van der Waals surface area (Å²) in [6.07, 6.45) is 0.789. The Morgan fingerprint density at radius 2 is 2.10 bits per heavy atom. The fourth-order valence-corrected chi connectivity index (χ4v) is 2.88. The van der Waals surface area contributed by atoms with Crippen molar-refractivity contribution in [3.63, 3.8) is 0 Å². The number of hydrogen-bond acceptors (Lipinski definition) is 4. The molecule has 112 valence electrons. The van der Waals surface area contributed by atoms with E-state index >= 15 is 0 Å². The van der Waals surface area contributed by atoms with E-state index in [4.69, 9.17) is 5.26 Å². The monoisotopic (exact) mass is 351 g/mol. The molecule has 6 heteroatoms. The molecular formula is C15H18BrN3O2. The van der Waals surface area contributed by atoms with E-state index in [0.29, 0.717) is 31.7 Å². The summed E-state index contributed by atoms with van der Waals surface area (Å²) in [6.45, 7) is 4.51. The first kappa shape index (κ1) is 15.8. The summed E-state index contributed by atoms with van der Waals surface area (Å²) >= 11 is 3.31. The van der Waals surface area contributed by atoms with Crippen LogP contribution in [0, 0.1) is 11.3 Å². The van der Waals surface area contributed by atoms with Gasteiger partial charge < -0.3 is 10.0 Å². The molecule has 5 nitrogen and oxygen atoms in total. The van der Waals surface area contributed by atoms with E-state index in [9.17, 15) is 9.90 Å². The van der Waals surface area contributed by atoms with Crippen LogP contribution in [0.4, 0.5) is 0 Å². The van der Waals surface area contributed by atoms with Gasteiger partial charge in [-0.2, -0.15) is 5.26 Å². The number of aromatic hydroxyl groups is 1. The van der Waals surface area contributed by atoms with Crippen LogP contribution < -0.4 is 0 Å². The molecule has 1 saturated heterocycles. The second-order valence-electron chi connectivity index (χ2n) is 5.04. The smallest absolute Gasteiger partial charge is 0.257 e. The summed E-state index contributed by atoms with van der Waals surface area (Å²) in [6, 6.07) is 7.05. The Hall–Kier alpha value is -1.58. The van der Waals surface area contributed by atoms with Gasteiger partial charge in [-0.15, -0.1) is 0 Å². The lowest BCUT2D eigenvalue weighted by atomic mass is 10.1. The fourth-order valence-electron chi connectivity index (χ4n) is 2.52. The molecule has 0 aliphatic carbocycles. The van der Waals surface area contributed by atoms with Crippen LogP contribution in [-0.2, 0) is 0 Å². The highest BCUT2D eigenvalue weighted by Gasteiger charge is 2.26. The Morgan fingerprint density at radius 1 is 1.43 bits per heavy atom. The molecule has 21 heavy (non-hydrogen) atoms. The molecule has 1 heterocycles. The Balaban J connectivity index is 2.04. The molecule has 1 atom stereocenters. The summed E-state index contributed by atoms with van der Waals surface area (Å²) in [5, 5.41) is 18.9. The van der Waals surface area contributed by atoms with Gasteiger partial charge >= 0.3 is 0 Å². The molecule has 1 aromatic rings. The van der Waals surface area contributed by atoms with Crippen molar-refractivity contribution in [3.05, 3.63) is 28.2 Å². The second-order valence-corrected chi connectivity index (χ2v) is 5.96. The number of carbonyl (C=O) groups excluding carboxylic acids is 1. The van der Waals surface area contributed by atoms with Gasteiger partial charge in [0.2, 0.25) is 0 Å². The van der Waals surface area contributed by atoms with Crippen molar-refractivity contribution in [2.45, 2.75) is 19.4 Å². The van der Waals surface area contributed by atoms with Gasteiger partial charge in [0.05, 0.1) is 17.7 Å². The minimum absolute atomic E-state index is 0.00547. The Kier molecular flexibility index (Phi) is 5.21. The van der Waals surface area contributed by atoms with E-state index in [1.165, 1.54) is 6.07 Å². The van der Waals surface area contributed by atoms with E-state index < -0.39 is 0 Å². The zero-order chi connectivity index (χ0) is 15.4. The van der Waals surface area contributed by atoms with Gasteiger partial charge in [-0.3, -0.25) is 9.69 Å². The van der Waals surface area contributed by atoms with Crippen molar-refractivity contribution >= 4 is 21.8 Å². The Labute approximate surface area is 132 Å². The standard InChI is InChI=1S/C15H18BrN3O2/c1-2-12(10-17)18-5-7-19(8-6-18)15(21)13-9-11(16)3-4-14(13)20/h3-4,9,12,20H,2,5-8H2,1H3. The van der Waals surface area contributed by atoms with Crippen LogP contribution in [0.5, 0.6) is 5.75 Å². The number of piperazine rings is 1. The molecule has 2 rings (SSSR count). The van der Waals surface area contributed by atoms with Gasteiger partial charge in [0.15, 0.2) is 0 Å². The fraction of sp³-hybridized carbons (Fsp3) is 0.467. The molecule has 1 unspecified atom stereocenters. The number of halogens is 1. The van der Waals surface area contributed by atoms with E-state index in [2.05, 4.69) is 26.9 Å². The molecule has 1 aliphatic rings. The van der Waals surface area contributed by atoms with Gasteiger partial charge in [-0.25, -0.2) is 0 Å². The van der Waals surface area contributed by atoms with E-state index in [1.54, 1.807) is 17.0 Å². The maximum Gasteiger partial charge on any atom is 0.257 e. The summed E-state index contributed by atoms with van der Waals surface area (Å²) < 4.78 is 0.762. The average Bonchev–Trinajstić information content (AvgIpc) is 2.51. The second kappa shape index (κ2) is 6.92. The summed E-state index contributed by atoms with van der Waals surface area (Å²) in [5.74, 6) is -0.174. The maximum atomic E-state index is 12.4. The van der Waals surface area contributed by atoms with Crippen molar-refractivity contribution in [1.82, 2.24) is 9.80 Å². The number of amides is 1. The molecule has 0 aromatic heterocycles. The molecule has 0 radical (unpaired) electrons. The Morgan fingerprint density at radius 3 is 2.67 bits per heavy atom. The third-order valence-corrected chi connectivity index (χ3v) is 4.26. The van der Waals surface area contributed by atoms with Crippen LogP contribution in [0.1, 0.15) is 23.7 Å². The quantitative estimate of drug-likeness (QED) is 0.906. The van der Waals surface area contributed by atoms with Crippen molar-refractivity contribution in [2.24, 2.45) is 0 Å². The van der Waals surface area contributed by atoms with Gasteiger partial charge in [0.25, 0.3) is 5.91 Å². The first-order chi connectivity index (χ1) is 10.1. The van der Waals surface area contributed by atoms with Crippen LogP contribution in [0.15, 0.2) is 22.7 Å². The highest BCUT2D eigenvalue weighted by molar-refractivity contribution is 9.10. The highest BCUT2D eigenvalue weighted by atomic mass is 79.9. The van der Waals surface area contributed by atoms with E-state index in [1.807, 2.05) is 6.92 Å². The van der Waals surface area contributed by atoms with Gasteiger partial charge in [0.1, 0.15) is 5.75 Å². The number of phenols is 1. The first-order valence-electron chi connectivity index (χ1n) is 6.98. The van der Waals surface area contributed by atoms with Crippen LogP contribution in [0.25, 0.3) is 0 Å². The number of nitrogens with zero attached hydrogens (tertiary/aromatic N) is 3. The normalized spacial score (nSPS) is 17.3. The molecule has 0 saturated carbocycles. The number of phenolic OH excluding ortho intramolecular Hbond substituents is 1. The minimum atomic E-state index is -0.168. The number of rotatable bonds is 3. The van der Waals surface area contributed by atoms with E-state index in [0.717, 1.165) is 10.9 Å². The number of hydrogen-bond donors (Lipinski definition) is 1. The molecule has 1 N–H and O–H groups in total. The average molecular weight is 352 g/mol. The third kappa shape index (κ3) is 3.55. The summed E-state index contributed by atoms with van der Waals surface area (Å²) in [5.41, 5.74) is 0.310. The molecule has 1 fully saturated rings. The topological polar surface area (TPSA) is 67.6 Å². The molecule has 0 bridgehead atoms. The number of carbonyl (C=O) groups is 1. The van der Waals surface area contributed by atoms with Crippen molar-refractivity contribution < 1.29 is 9.90 Å². The predicted molar refractivity (Wildman–Crippen MR) is 83.0 cm³/mol. The first-order valence-corrected chi connectivity index (χ1v) is 7.77. The van der Waals surface area contributed by atoms with Crippen LogP contribution in [0.2, 0.25) is 0 Å². The van der Waals surface area contributed by atoms with Crippen molar-refractivity contribution in [2.75, 3.05) is 26.2 Å². The molecular weight excluding hydrogens is 334 g/mol. The lowest BCUT2D eigenvalue weighted by Gasteiger charge is -2.36. The molecule has 1 amide bonds. The number of nitriles is 1. The molecule has 1 aliphatic heterocycles. The van der Waals surface area contributed by atoms with E-state index in [-0.39, 0.29) is 17.7 Å². The van der Waals surface area contributed by atoms with Gasteiger partial charge in [0, 0.05) is 30.7 Å². The lowest BCUT2D eigenvalue weighted by molar-refractivity contribution is 0.0601. The zero-order valence-electron chi connectivity index (χ0n) is 11.9. The molecule has 0 spiro atoms. The summed E-state index contributed by atoms with van der Waals surface area (Å²) in [7, 11) is 0. The summed E-state index contributed by atoms with van der Waals surface area (Å²) in [4.78, 5) is 16.3. The predicted octanol–water partition coefficient (Wildman–Crippen LogP) is 2.21. The number of benzene rings is 1. The van der Waals surface area contributed by atoms with Crippen LogP contribution >= 0.6 is 15.9 Å². The minimum Gasteiger partial charge on any atom is -0.507 e. The van der Waals surface area contributed by atoms with Gasteiger partial charge in [-0.1, -0.05) is 22.9 Å². The van der Waals surface area contributed by atoms with Crippen molar-refractivity contribution in [1.29, 1.82) is 5.26 Å². The zero-order valence-corrected chi connectivity index (χ0v) is 13.5. The maximum absolute atomic E-state index is 12.4. The van der Waals surface area contributed by atoms with Crippen molar-refractivity contribution in [3.8, 4) is 11.8 Å². The largest absolute Gasteiger partial charge is 0.507 e. The highest BCUT2D eigenvalue weighted by Crippen LogP contribution is 2.24. The third-order valence-electron chi connectivity index (χ3n) is 3.77. The SMILES string of the molecule is CCC(C#N)N1CCN(C(=O)c2cc(Br)ccc2O)CC1. The Bertz CT molecular complexity index is 563. The lowest BCUT2D eigenvalue weighted by Crippen LogP contribution is -2.51. The van der Waals surface area contributed by atoms with Crippen LogP contribution in [-0.4, -0.2) is 53.0 Å². The van der Waals surface area contributed by atoms with Crippen LogP contribution in [0.3, 0.4) is 0 Å². The molecule has 1 aromatic carbocycles. The van der Waals surface area contributed by atoms with Gasteiger partial charge in [-0.05, 0) is 24.6 Å².